The molecule has 3 heterocycles. The lowest BCUT2D eigenvalue weighted by Gasteiger charge is -2.30. The van der Waals surface area contributed by atoms with Gasteiger partial charge in [0.2, 0.25) is 0 Å². The molecule has 6 nitrogen and oxygen atoms in total. The molecule has 1 atom stereocenters. The van der Waals surface area contributed by atoms with Crippen LogP contribution in [0.4, 0.5) is 4.79 Å². The molecule has 6 heteroatoms. The van der Waals surface area contributed by atoms with Gasteiger partial charge in [0.05, 0.1) is 0 Å². The Balaban J connectivity index is 1.54. The molecular weight excluding hydrogens is 368 g/mol. The number of para-hydroxylation sites is 1. The van der Waals surface area contributed by atoms with E-state index >= 15 is 0 Å². The van der Waals surface area contributed by atoms with E-state index in [9.17, 15) is 4.79 Å². The van der Waals surface area contributed by atoms with Crippen molar-refractivity contribution in [1.29, 1.82) is 0 Å². The molecule has 2 aliphatic rings. The van der Waals surface area contributed by atoms with E-state index in [2.05, 4.69) is 11.1 Å². The van der Waals surface area contributed by atoms with E-state index in [4.69, 9.17) is 14.2 Å². The number of hydrogen-bond donors (Lipinski definition) is 0. The molecule has 0 saturated heterocycles. The van der Waals surface area contributed by atoms with Crippen LogP contribution >= 0.6 is 0 Å². The molecule has 152 valence electrons. The Hall–Kier alpha value is -3.02. The van der Waals surface area contributed by atoms with Crippen molar-refractivity contribution in [1.82, 2.24) is 9.88 Å². The number of fused-ring (bicyclic) bond motifs is 1. The van der Waals surface area contributed by atoms with Crippen molar-refractivity contribution in [3.8, 4) is 11.5 Å². The van der Waals surface area contributed by atoms with Gasteiger partial charge in [0, 0.05) is 31.8 Å². The minimum atomic E-state index is -0.961. The summed E-state index contributed by atoms with van der Waals surface area (Å²) in [5.74, 6) is 0.459. The Morgan fingerprint density at radius 3 is 2.66 bits per heavy atom. The van der Waals surface area contributed by atoms with Gasteiger partial charge in [0.1, 0.15) is 11.3 Å². The van der Waals surface area contributed by atoms with Crippen LogP contribution in [0.3, 0.4) is 0 Å². The zero-order valence-corrected chi connectivity index (χ0v) is 17.3. The van der Waals surface area contributed by atoms with E-state index < -0.39 is 11.4 Å². The van der Waals surface area contributed by atoms with Crippen LogP contribution in [0.25, 0.3) is 5.57 Å². The molecule has 0 fully saturated rings. The smallest absolute Gasteiger partial charge is 0.410 e. The molecule has 29 heavy (non-hydrogen) atoms. The van der Waals surface area contributed by atoms with Crippen LogP contribution in [0.2, 0.25) is 0 Å². The minimum Gasteiger partial charge on any atom is -0.444 e. The average molecular weight is 394 g/mol. The maximum atomic E-state index is 12.3. The molecule has 0 bridgehead atoms. The molecule has 0 radical (unpaired) electrons. The second kappa shape index (κ2) is 7.10. The summed E-state index contributed by atoms with van der Waals surface area (Å²) in [6.45, 7) is 8.60. The summed E-state index contributed by atoms with van der Waals surface area (Å²) in [6, 6.07) is 11.6. The van der Waals surface area contributed by atoms with Gasteiger partial charge < -0.3 is 19.1 Å². The van der Waals surface area contributed by atoms with Gasteiger partial charge in [-0.1, -0.05) is 24.3 Å². The first-order valence-electron chi connectivity index (χ1n) is 9.85. The SMILES string of the molecule is CC(C)(C)OC(=O)N1CC=C(c2cccc3c2OC(C)(c2ccccn2)O3)CC1. The molecule has 1 amide bonds. The Bertz CT molecular complexity index is 949. The fourth-order valence-corrected chi connectivity index (χ4v) is 3.52. The van der Waals surface area contributed by atoms with Crippen molar-refractivity contribution in [2.75, 3.05) is 13.1 Å². The third-order valence-corrected chi connectivity index (χ3v) is 4.92. The third-order valence-electron chi connectivity index (χ3n) is 4.92. The number of benzene rings is 1. The molecule has 2 aliphatic heterocycles. The zero-order valence-electron chi connectivity index (χ0n) is 17.3. The normalized spacial score (nSPS) is 21.0. The molecule has 1 aromatic carbocycles. The second-order valence-electron chi connectivity index (χ2n) is 8.40. The fourth-order valence-electron chi connectivity index (χ4n) is 3.52. The van der Waals surface area contributed by atoms with E-state index in [0.29, 0.717) is 18.8 Å². The fraction of sp³-hybridized carbons (Fsp3) is 0.391. The maximum Gasteiger partial charge on any atom is 0.410 e. The maximum absolute atomic E-state index is 12.3. The van der Waals surface area contributed by atoms with E-state index in [1.165, 1.54) is 0 Å². The van der Waals surface area contributed by atoms with Crippen LogP contribution < -0.4 is 9.47 Å². The number of rotatable bonds is 2. The highest BCUT2D eigenvalue weighted by Crippen LogP contribution is 2.48. The van der Waals surface area contributed by atoms with Gasteiger partial charge in [0.15, 0.2) is 11.5 Å². The van der Waals surface area contributed by atoms with Gasteiger partial charge in [-0.15, -0.1) is 0 Å². The van der Waals surface area contributed by atoms with Crippen molar-refractivity contribution in [3.05, 3.63) is 59.9 Å². The number of amides is 1. The largest absolute Gasteiger partial charge is 0.444 e. The summed E-state index contributed by atoms with van der Waals surface area (Å²) < 4.78 is 17.9. The monoisotopic (exact) mass is 394 g/mol. The summed E-state index contributed by atoms with van der Waals surface area (Å²) in [5.41, 5.74) is 2.35. The van der Waals surface area contributed by atoms with Crippen molar-refractivity contribution in [2.45, 2.75) is 45.5 Å². The number of carbonyl (C=O) groups is 1. The summed E-state index contributed by atoms with van der Waals surface area (Å²) in [5, 5.41) is 0. The number of carbonyl (C=O) groups excluding carboxylic acids is 1. The lowest BCUT2D eigenvalue weighted by Crippen LogP contribution is -2.39. The zero-order chi connectivity index (χ0) is 20.6. The Kier molecular flexibility index (Phi) is 4.73. The molecule has 0 spiro atoms. The standard InChI is InChI=1S/C23H26N2O4/c1-22(2,3)29-21(26)25-14-11-16(12-15-25)17-8-7-9-18-20(17)28-23(4,27-18)19-10-5-6-13-24-19/h5-11,13H,12,14-15H2,1-4H3. The number of pyridine rings is 1. The molecule has 1 unspecified atom stereocenters. The quantitative estimate of drug-likeness (QED) is 0.736. The second-order valence-corrected chi connectivity index (χ2v) is 8.40. The predicted molar refractivity (Wildman–Crippen MR) is 110 cm³/mol. The lowest BCUT2D eigenvalue weighted by molar-refractivity contribution is -0.0718. The Morgan fingerprint density at radius 2 is 2.00 bits per heavy atom. The Morgan fingerprint density at radius 1 is 1.17 bits per heavy atom. The molecule has 0 aliphatic carbocycles. The van der Waals surface area contributed by atoms with Crippen LogP contribution in [-0.4, -0.2) is 34.7 Å². The first-order chi connectivity index (χ1) is 13.8. The van der Waals surface area contributed by atoms with Gasteiger partial charge in [-0.2, -0.15) is 0 Å². The van der Waals surface area contributed by atoms with Gasteiger partial charge in [0.25, 0.3) is 5.79 Å². The first kappa shape index (κ1) is 19.3. The van der Waals surface area contributed by atoms with E-state index in [1.54, 1.807) is 11.1 Å². The molecule has 0 saturated carbocycles. The summed E-state index contributed by atoms with van der Waals surface area (Å²) in [7, 11) is 0. The third kappa shape index (κ3) is 3.92. The van der Waals surface area contributed by atoms with Crippen molar-refractivity contribution in [3.63, 3.8) is 0 Å². The van der Waals surface area contributed by atoms with Crippen LogP contribution in [0, 0.1) is 0 Å². The molecular formula is C23H26N2O4. The van der Waals surface area contributed by atoms with Crippen molar-refractivity contribution >= 4 is 11.7 Å². The van der Waals surface area contributed by atoms with E-state index in [1.807, 2.05) is 64.1 Å². The summed E-state index contributed by atoms with van der Waals surface area (Å²) >= 11 is 0. The summed E-state index contributed by atoms with van der Waals surface area (Å²) in [4.78, 5) is 18.4. The number of nitrogens with zero attached hydrogens (tertiary/aromatic N) is 2. The Labute approximate surface area is 171 Å². The predicted octanol–water partition coefficient (Wildman–Crippen LogP) is 4.75. The lowest BCUT2D eigenvalue weighted by atomic mass is 9.98. The first-order valence-corrected chi connectivity index (χ1v) is 9.85. The molecule has 2 aromatic rings. The van der Waals surface area contributed by atoms with Crippen LogP contribution in [0.15, 0.2) is 48.7 Å². The topological polar surface area (TPSA) is 60.9 Å². The molecule has 1 aromatic heterocycles. The summed E-state index contributed by atoms with van der Waals surface area (Å²) in [6.07, 6.45) is 4.22. The molecule has 4 rings (SSSR count). The van der Waals surface area contributed by atoms with Crippen LogP contribution in [0.5, 0.6) is 11.5 Å². The van der Waals surface area contributed by atoms with Gasteiger partial charge >= 0.3 is 6.09 Å². The highest BCUT2D eigenvalue weighted by atomic mass is 16.7. The van der Waals surface area contributed by atoms with Crippen LogP contribution in [-0.2, 0) is 10.5 Å². The number of ether oxygens (including phenoxy) is 3. The van der Waals surface area contributed by atoms with Crippen molar-refractivity contribution in [2.24, 2.45) is 0 Å². The van der Waals surface area contributed by atoms with Crippen molar-refractivity contribution < 1.29 is 19.0 Å². The number of aromatic nitrogens is 1. The van der Waals surface area contributed by atoms with E-state index in [-0.39, 0.29) is 6.09 Å². The van der Waals surface area contributed by atoms with Gasteiger partial charge in [-0.3, -0.25) is 4.98 Å². The van der Waals surface area contributed by atoms with Gasteiger partial charge in [-0.25, -0.2) is 4.79 Å². The van der Waals surface area contributed by atoms with E-state index in [0.717, 1.165) is 29.0 Å². The molecule has 0 N–H and O–H groups in total. The average Bonchev–Trinajstić information content (AvgIpc) is 3.05. The minimum absolute atomic E-state index is 0.284. The van der Waals surface area contributed by atoms with Crippen LogP contribution in [0.1, 0.15) is 45.4 Å². The number of hydrogen-bond acceptors (Lipinski definition) is 5. The highest BCUT2D eigenvalue weighted by molar-refractivity contribution is 5.77. The van der Waals surface area contributed by atoms with Gasteiger partial charge in [-0.05, 0) is 51.0 Å². The highest BCUT2D eigenvalue weighted by Gasteiger charge is 2.41.